The second-order valence-electron chi connectivity index (χ2n) is 6.02. The molecule has 2 rings (SSSR count). The van der Waals surface area contributed by atoms with Crippen LogP contribution in [0.1, 0.15) is 51.1 Å². The second-order valence-corrected chi connectivity index (χ2v) is 6.43. The van der Waals surface area contributed by atoms with Gasteiger partial charge in [-0.15, -0.1) is 0 Å². The Bertz CT molecular complexity index is 466. The van der Waals surface area contributed by atoms with Gasteiger partial charge in [0.05, 0.1) is 0 Å². The molecule has 0 aromatic heterocycles. The van der Waals surface area contributed by atoms with Gasteiger partial charge in [0.1, 0.15) is 5.82 Å². The number of halogens is 2. The van der Waals surface area contributed by atoms with Crippen molar-refractivity contribution in [3.63, 3.8) is 0 Å². The van der Waals surface area contributed by atoms with E-state index in [4.69, 9.17) is 17.3 Å². The van der Waals surface area contributed by atoms with Crippen LogP contribution in [0.25, 0.3) is 0 Å². The molecule has 2 nitrogen and oxygen atoms in total. The van der Waals surface area contributed by atoms with E-state index in [1.807, 2.05) is 6.07 Å². The first-order valence-electron chi connectivity index (χ1n) is 7.99. The summed E-state index contributed by atoms with van der Waals surface area (Å²) in [4.78, 5) is 2.48. The van der Waals surface area contributed by atoms with Gasteiger partial charge in [0.2, 0.25) is 0 Å². The summed E-state index contributed by atoms with van der Waals surface area (Å²) < 4.78 is 13.3. The van der Waals surface area contributed by atoms with Crippen LogP contribution in [0, 0.1) is 11.7 Å². The Balaban J connectivity index is 2.22. The highest BCUT2D eigenvalue weighted by molar-refractivity contribution is 6.31. The Morgan fingerprint density at radius 2 is 2.10 bits per heavy atom. The highest BCUT2D eigenvalue weighted by Crippen LogP contribution is 2.35. The lowest BCUT2D eigenvalue weighted by molar-refractivity contribution is 0.0770. The molecule has 3 atom stereocenters. The van der Waals surface area contributed by atoms with Crippen LogP contribution in [0.5, 0.6) is 0 Å². The molecule has 1 aromatic rings. The third-order valence-corrected chi connectivity index (χ3v) is 5.20. The molecule has 0 spiro atoms. The molecule has 0 saturated heterocycles. The van der Waals surface area contributed by atoms with Crippen LogP contribution in [-0.2, 0) is 0 Å². The van der Waals surface area contributed by atoms with Gasteiger partial charge < -0.3 is 5.73 Å². The minimum Gasteiger partial charge on any atom is -0.330 e. The summed E-state index contributed by atoms with van der Waals surface area (Å²) >= 11 is 6.24. The maximum atomic E-state index is 13.3. The normalized spacial score (nSPS) is 24.3. The summed E-state index contributed by atoms with van der Waals surface area (Å²) in [6.45, 7) is 6.03. The standard InChI is InChI=1S/C17H26ClFN2/c1-3-21(17-7-5-4-6-13(17)11-20)12(2)15-9-8-14(19)10-16(15)18/h8-10,12-13,17H,3-7,11,20H2,1-2H3. The predicted octanol–water partition coefficient (Wildman–Crippen LogP) is 4.38. The third-order valence-electron chi connectivity index (χ3n) is 4.87. The van der Waals surface area contributed by atoms with Crippen molar-refractivity contribution in [3.8, 4) is 0 Å². The minimum absolute atomic E-state index is 0.181. The van der Waals surface area contributed by atoms with E-state index >= 15 is 0 Å². The van der Waals surface area contributed by atoms with E-state index in [1.54, 1.807) is 0 Å². The number of hydrogen-bond donors (Lipinski definition) is 1. The molecule has 21 heavy (non-hydrogen) atoms. The van der Waals surface area contributed by atoms with E-state index in [0.717, 1.165) is 18.7 Å². The van der Waals surface area contributed by atoms with E-state index < -0.39 is 0 Å². The van der Waals surface area contributed by atoms with Crippen molar-refractivity contribution in [2.45, 2.75) is 51.6 Å². The van der Waals surface area contributed by atoms with Crippen molar-refractivity contribution in [3.05, 3.63) is 34.6 Å². The molecule has 4 heteroatoms. The van der Waals surface area contributed by atoms with Crippen molar-refractivity contribution >= 4 is 11.6 Å². The first-order valence-corrected chi connectivity index (χ1v) is 8.37. The average Bonchev–Trinajstić information content (AvgIpc) is 2.48. The minimum atomic E-state index is -0.281. The average molecular weight is 313 g/mol. The summed E-state index contributed by atoms with van der Waals surface area (Å²) in [5.74, 6) is 0.275. The number of hydrogen-bond acceptors (Lipinski definition) is 2. The van der Waals surface area contributed by atoms with Gasteiger partial charge in [-0.1, -0.05) is 37.4 Å². The smallest absolute Gasteiger partial charge is 0.124 e. The van der Waals surface area contributed by atoms with Crippen molar-refractivity contribution < 1.29 is 4.39 Å². The first kappa shape index (κ1) is 16.7. The Labute approximate surface area is 132 Å². The summed E-state index contributed by atoms with van der Waals surface area (Å²) in [5.41, 5.74) is 6.97. The number of benzene rings is 1. The van der Waals surface area contributed by atoms with E-state index in [0.29, 0.717) is 17.0 Å². The van der Waals surface area contributed by atoms with Crippen molar-refractivity contribution in [2.75, 3.05) is 13.1 Å². The van der Waals surface area contributed by atoms with E-state index in [9.17, 15) is 4.39 Å². The second kappa shape index (κ2) is 7.57. The monoisotopic (exact) mass is 312 g/mol. The molecule has 3 unspecified atom stereocenters. The summed E-state index contributed by atoms with van der Waals surface area (Å²) in [6.07, 6.45) is 4.95. The van der Waals surface area contributed by atoms with Crippen molar-refractivity contribution in [1.82, 2.24) is 4.90 Å². The third kappa shape index (κ3) is 3.77. The number of nitrogens with zero attached hydrogens (tertiary/aromatic N) is 1. The molecular formula is C17H26ClFN2. The molecular weight excluding hydrogens is 287 g/mol. The molecule has 0 heterocycles. The van der Waals surface area contributed by atoms with Gasteiger partial charge in [-0.25, -0.2) is 4.39 Å². The lowest BCUT2D eigenvalue weighted by atomic mass is 9.82. The maximum Gasteiger partial charge on any atom is 0.124 e. The first-order chi connectivity index (χ1) is 10.1. The molecule has 0 amide bonds. The Morgan fingerprint density at radius 1 is 1.38 bits per heavy atom. The predicted molar refractivity (Wildman–Crippen MR) is 87.0 cm³/mol. The summed E-state index contributed by atoms with van der Waals surface area (Å²) in [7, 11) is 0. The van der Waals surface area contributed by atoms with Gasteiger partial charge in [-0.2, -0.15) is 0 Å². The van der Waals surface area contributed by atoms with Crippen molar-refractivity contribution in [2.24, 2.45) is 11.7 Å². The lowest BCUT2D eigenvalue weighted by Crippen LogP contribution is -2.46. The van der Waals surface area contributed by atoms with Crippen LogP contribution in [0.4, 0.5) is 4.39 Å². The van der Waals surface area contributed by atoms with Gasteiger partial charge in [0, 0.05) is 17.1 Å². The molecule has 118 valence electrons. The zero-order valence-electron chi connectivity index (χ0n) is 13.0. The zero-order chi connectivity index (χ0) is 15.4. The maximum absolute atomic E-state index is 13.3. The molecule has 1 fully saturated rings. The van der Waals surface area contributed by atoms with E-state index in [1.165, 1.54) is 37.8 Å². The van der Waals surface area contributed by atoms with Gasteiger partial charge >= 0.3 is 0 Å². The fourth-order valence-corrected chi connectivity index (χ4v) is 4.04. The van der Waals surface area contributed by atoms with Crippen LogP contribution < -0.4 is 5.73 Å². The Morgan fingerprint density at radius 3 is 2.71 bits per heavy atom. The topological polar surface area (TPSA) is 29.3 Å². The quantitative estimate of drug-likeness (QED) is 0.874. The molecule has 0 radical (unpaired) electrons. The summed E-state index contributed by atoms with van der Waals surface area (Å²) in [5, 5.41) is 0.515. The molecule has 1 saturated carbocycles. The molecule has 0 bridgehead atoms. The van der Waals surface area contributed by atoms with Gasteiger partial charge in [0.25, 0.3) is 0 Å². The molecule has 1 aromatic carbocycles. The van der Waals surface area contributed by atoms with Crippen LogP contribution in [0.3, 0.4) is 0 Å². The van der Waals surface area contributed by atoms with Crippen LogP contribution >= 0.6 is 11.6 Å². The van der Waals surface area contributed by atoms with Crippen molar-refractivity contribution in [1.29, 1.82) is 0 Å². The molecule has 1 aliphatic rings. The summed E-state index contributed by atoms with van der Waals surface area (Å²) in [6, 6.07) is 5.39. The molecule has 2 N–H and O–H groups in total. The largest absolute Gasteiger partial charge is 0.330 e. The van der Waals surface area contributed by atoms with Crippen LogP contribution in [-0.4, -0.2) is 24.0 Å². The number of nitrogens with two attached hydrogens (primary N) is 1. The fraction of sp³-hybridized carbons (Fsp3) is 0.647. The van der Waals surface area contributed by atoms with Crippen LogP contribution in [0.2, 0.25) is 5.02 Å². The SMILES string of the molecule is CCN(C(C)c1ccc(F)cc1Cl)C1CCCCC1CN. The Hall–Kier alpha value is -0.640. The lowest BCUT2D eigenvalue weighted by Gasteiger charge is -2.42. The molecule has 0 aliphatic heterocycles. The van der Waals surface area contributed by atoms with E-state index in [-0.39, 0.29) is 11.9 Å². The Kier molecular flexibility index (Phi) is 6.03. The van der Waals surface area contributed by atoms with Gasteiger partial charge in [-0.05, 0) is 56.5 Å². The van der Waals surface area contributed by atoms with Gasteiger partial charge in [-0.3, -0.25) is 4.90 Å². The highest BCUT2D eigenvalue weighted by atomic mass is 35.5. The fourth-order valence-electron chi connectivity index (χ4n) is 3.71. The molecule has 1 aliphatic carbocycles. The van der Waals surface area contributed by atoms with Gasteiger partial charge in [0.15, 0.2) is 0 Å². The van der Waals surface area contributed by atoms with Crippen LogP contribution in [0.15, 0.2) is 18.2 Å². The zero-order valence-corrected chi connectivity index (χ0v) is 13.7. The van der Waals surface area contributed by atoms with E-state index in [2.05, 4.69) is 18.7 Å². The number of rotatable bonds is 5. The highest BCUT2D eigenvalue weighted by Gasteiger charge is 2.32.